The first-order valence-corrected chi connectivity index (χ1v) is 6.74. The Labute approximate surface area is 107 Å². The average molecular weight is 248 g/mol. The molecule has 0 aliphatic carbocycles. The van der Waals surface area contributed by atoms with E-state index in [4.69, 9.17) is 0 Å². The molecule has 2 fully saturated rings. The Morgan fingerprint density at radius 1 is 1.61 bits per heavy atom. The van der Waals surface area contributed by atoms with Gasteiger partial charge in [-0.1, -0.05) is 0 Å². The zero-order valence-electron chi connectivity index (χ0n) is 10.7. The number of rotatable bonds is 4. The summed E-state index contributed by atoms with van der Waals surface area (Å²) < 4.78 is 1.85. The average Bonchev–Trinajstić information content (AvgIpc) is 3.06. The van der Waals surface area contributed by atoms with E-state index in [0.717, 1.165) is 25.0 Å². The Morgan fingerprint density at radius 2 is 2.50 bits per heavy atom. The second-order valence-electron chi connectivity index (χ2n) is 5.38. The van der Waals surface area contributed by atoms with Crippen molar-refractivity contribution in [3.63, 3.8) is 0 Å². The quantitative estimate of drug-likeness (QED) is 0.801. The van der Waals surface area contributed by atoms with Crippen LogP contribution in [0.15, 0.2) is 12.3 Å². The van der Waals surface area contributed by atoms with Crippen LogP contribution in [0, 0.1) is 5.92 Å². The van der Waals surface area contributed by atoms with Gasteiger partial charge in [-0.15, -0.1) is 0 Å². The van der Waals surface area contributed by atoms with Crippen LogP contribution >= 0.6 is 0 Å². The second kappa shape index (κ2) is 4.72. The van der Waals surface area contributed by atoms with Gasteiger partial charge in [-0.25, -0.2) is 0 Å². The largest absolute Gasteiger partial charge is 0.355 e. The molecule has 5 nitrogen and oxygen atoms in total. The molecule has 5 heteroatoms. The van der Waals surface area contributed by atoms with E-state index in [2.05, 4.69) is 15.7 Å². The van der Waals surface area contributed by atoms with Crippen molar-refractivity contribution in [2.45, 2.75) is 37.8 Å². The number of hydrogen-bond acceptors (Lipinski definition) is 3. The Bertz CT molecular complexity index is 442. The number of carbonyl (C=O) groups is 1. The third-order valence-electron chi connectivity index (χ3n) is 4.24. The van der Waals surface area contributed by atoms with Crippen molar-refractivity contribution >= 4 is 5.91 Å². The zero-order valence-corrected chi connectivity index (χ0v) is 10.7. The highest BCUT2D eigenvalue weighted by molar-refractivity contribution is 5.80. The minimum atomic E-state index is 0.190. The molecule has 3 rings (SSSR count). The topological polar surface area (TPSA) is 59.0 Å². The summed E-state index contributed by atoms with van der Waals surface area (Å²) in [5.41, 5.74) is 1.15. The van der Waals surface area contributed by atoms with Crippen molar-refractivity contribution in [2.24, 2.45) is 13.0 Å². The van der Waals surface area contributed by atoms with Crippen LogP contribution in [0.25, 0.3) is 0 Å². The fourth-order valence-corrected chi connectivity index (χ4v) is 3.21. The molecule has 1 amide bonds. The van der Waals surface area contributed by atoms with Gasteiger partial charge >= 0.3 is 0 Å². The summed E-state index contributed by atoms with van der Waals surface area (Å²) in [6.07, 6.45) is 6.05. The maximum absolute atomic E-state index is 12.1. The third kappa shape index (κ3) is 2.14. The number of aromatic nitrogens is 2. The molecule has 3 atom stereocenters. The Balaban J connectivity index is 1.46. The first kappa shape index (κ1) is 11.7. The van der Waals surface area contributed by atoms with Gasteiger partial charge in [-0.2, -0.15) is 5.10 Å². The standard InChI is InChI=1S/C13H20N4O/c1-17-10(5-7-15-17)4-6-14-13(18)11-8-9-2-3-12(11)16-9/h5,7,9,11-12,16H,2-4,6,8H2,1H3,(H,14,18). The highest BCUT2D eigenvalue weighted by atomic mass is 16.1. The number of carbonyl (C=O) groups excluding carboxylic acids is 1. The van der Waals surface area contributed by atoms with Crippen LogP contribution in [0.2, 0.25) is 0 Å². The normalized spacial score (nSPS) is 29.7. The molecule has 2 saturated heterocycles. The molecular formula is C13H20N4O. The minimum Gasteiger partial charge on any atom is -0.355 e. The van der Waals surface area contributed by atoms with Gasteiger partial charge in [0, 0.05) is 44.0 Å². The Hall–Kier alpha value is -1.36. The van der Waals surface area contributed by atoms with Gasteiger partial charge in [0.05, 0.1) is 5.92 Å². The molecule has 2 N–H and O–H groups in total. The molecule has 3 unspecified atom stereocenters. The van der Waals surface area contributed by atoms with Gasteiger partial charge in [0.25, 0.3) is 0 Å². The van der Waals surface area contributed by atoms with Crippen LogP contribution in [-0.2, 0) is 18.3 Å². The Kier molecular flexibility index (Phi) is 3.07. The summed E-state index contributed by atoms with van der Waals surface area (Å²) in [6.45, 7) is 0.701. The smallest absolute Gasteiger partial charge is 0.224 e. The van der Waals surface area contributed by atoms with E-state index in [0.29, 0.717) is 18.6 Å². The van der Waals surface area contributed by atoms with Crippen molar-refractivity contribution in [3.8, 4) is 0 Å². The molecule has 98 valence electrons. The highest BCUT2D eigenvalue weighted by Crippen LogP contribution is 2.33. The maximum Gasteiger partial charge on any atom is 0.224 e. The molecule has 2 aliphatic heterocycles. The molecule has 2 bridgehead atoms. The predicted molar refractivity (Wildman–Crippen MR) is 68.0 cm³/mol. The van der Waals surface area contributed by atoms with Crippen LogP contribution in [0.1, 0.15) is 25.0 Å². The first-order chi connectivity index (χ1) is 8.74. The fourth-order valence-electron chi connectivity index (χ4n) is 3.21. The molecule has 1 aromatic heterocycles. The highest BCUT2D eigenvalue weighted by Gasteiger charge is 2.42. The fraction of sp³-hybridized carbons (Fsp3) is 0.692. The summed E-state index contributed by atoms with van der Waals surface area (Å²) >= 11 is 0. The number of nitrogens with one attached hydrogen (secondary N) is 2. The summed E-state index contributed by atoms with van der Waals surface area (Å²) in [4.78, 5) is 12.1. The van der Waals surface area contributed by atoms with Gasteiger partial charge < -0.3 is 10.6 Å². The van der Waals surface area contributed by atoms with Crippen LogP contribution < -0.4 is 10.6 Å². The van der Waals surface area contributed by atoms with Gasteiger partial charge in [0.2, 0.25) is 5.91 Å². The van der Waals surface area contributed by atoms with E-state index in [9.17, 15) is 4.79 Å². The lowest BCUT2D eigenvalue weighted by molar-refractivity contribution is -0.125. The number of hydrogen-bond donors (Lipinski definition) is 2. The van der Waals surface area contributed by atoms with Crippen molar-refractivity contribution in [1.82, 2.24) is 20.4 Å². The molecule has 0 aromatic carbocycles. The summed E-state index contributed by atoms with van der Waals surface area (Å²) in [7, 11) is 1.93. The number of amides is 1. The predicted octanol–water partition coefficient (Wildman–Crippen LogP) is 0.219. The van der Waals surface area contributed by atoms with Gasteiger partial charge in [0.1, 0.15) is 0 Å². The minimum absolute atomic E-state index is 0.190. The lowest BCUT2D eigenvalue weighted by Gasteiger charge is -2.19. The van der Waals surface area contributed by atoms with Crippen molar-refractivity contribution < 1.29 is 4.79 Å². The van der Waals surface area contributed by atoms with Crippen molar-refractivity contribution in [2.75, 3.05) is 6.54 Å². The van der Waals surface area contributed by atoms with E-state index in [1.54, 1.807) is 6.20 Å². The van der Waals surface area contributed by atoms with E-state index < -0.39 is 0 Å². The van der Waals surface area contributed by atoms with E-state index in [1.807, 2.05) is 17.8 Å². The maximum atomic E-state index is 12.1. The lowest BCUT2D eigenvalue weighted by Crippen LogP contribution is -2.38. The van der Waals surface area contributed by atoms with Crippen LogP contribution in [-0.4, -0.2) is 34.3 Å². The zero-order chi connectivity index (χ0) is 12.5. The van der Waals surface area contributed by atoms with Crippen molar-refractivity contribution in [1.29, 1.82) is 0 Å². The molecular weight excluding hydrogens is 228 g/mol. The van der Waals surface area contributed by atoms with Crippen molar-refractivity contribution in [3.05, 3.63) is 18.0 Å². The van der Waals surface area contributed by atoms with E-state index in [1.165, 1.54) is 6.42 Å². The molecule has 1 aromatic rings. The SMILES string of the molecule is Cn1nccc1CCNC(=O)C1CC2CCC1N2. The number of aryl methyl sites for hydroxylation is 1. The Morgan fingerprint density at radius 3 is 3.11 bits per heavy atom. The van der Waals surface area contributed by atoms with Crippen LogP contribution in [0.3, 0.4) is 0 Å². The number of nitrogens with zero attached hydrogens (tertiary/aromatic N) is 2. The molecule has 0 saturated carbocycles. The second-order valence-corrected chi connectivity index (χ2v) is 5.38. The number of fused-ring (bicyclic) bond motifs is 2. The van der Waals surface area contributed by atoms with Crippen LogP contribution in [0.5, 0.6) is 0 Å². The molecule has 0 radical (unpaired) electrons. The van der Waals surface area contributed by atoms with E-state index >= 15 is 0 Å². The first-order valence-electron chi connectivity index (χ1n) is 6.74. The summed E-state index contributed by atoms with van der Waals surface area (Å²) in [5.74, 6) is 0.409. The monoisotopic (exact) mass is 248 g/mol. The molecule has 3 heterocycles. The van der Waals surface area contributed by atoms with Crippen LogP contribution in [0.4, 0.5) is 0 Å². The van der Waals surface area contributed by atoms with Gasteiger partial charge in [-0.3, -0.25) is 9.48 Å². The molecule has 2 aliphatic rings. The van der Waals surface area contributed by atoms with Gasteiger partial charge in [0.15, 0.2) is 0 Å². The lowest BCUT2D eigenvalue weighted by atomic mass is 9.88. The molecule has 18 heavy (non-hydrogen) atoms. The third-order valence-corrected chi connectivity index (χ3v) is 4.24. The van der Waals surface area contributed by atoms with E-state index in [-0.39, 0.29) is 11.8 Å². The summed E-state index contributed by atoms with van der Waals surface area (Å²) in [5, 5.41) is 10.7. The molecule has 0 spiro atoms. The summed E-state index contributed by atoms with van der Waals surface area (Å²) in [6, 6.07) is 3.00. The van der Waals surface area contributed by atoms with Gasteiger partial charge in [-0.05, 0) is 25.3 Å².